The van der Waals surface area contributed by atoms with E-state index in [1.165, 1.54) is 4.90 Å². The molecule has 1 aliphatic heterocycles. The van der Waals surface area contributed by atoms with Gasteiger partial charge in [0, 0.05) is 32.5 Å². The van der Waals surface area contributed by atoms with Crippen molar-refractivity contribution in [3.05, 3.63) is 95.7 Å². The summed E-state index contributed by atoms with van der Waals surface area (Å²) in [5, 5.41) is 0. The van der Waals surface area contributed by atoms with E-state index in [1.54, 1.807) is 11.0 Å². The minimum absolute atomic E-state index is 0.317. The Hall–Kier alpha value is -3.86. The second-order valence-corrected chi connectivity index (χ2v) is 7.84. The number of anilines is 3. The van der Waals surface area contributed by atoms with Gasteiger partial charge in [0.15, 0.2) is 0 Å². The van der Waals surface area contributed by atoms with Gasteiger partial charge in [0.2, 0.25) is 0 Å². The number of aryl methyl sites for hydroxylation is 1. The molecule has 156 valence electrons. The molecule has 0 saturated carbocycles. The number of amides is 2. The summed E-state index contributed by atoms with van der Waals surface area (Å²) in [6.45, 7) is 2.00. The highest BCUT2D eigenvalue weighted by molar-refractivity contribution is 6.46. The maximum atomic E-state index is 13.7. The lowest BCUT2D eigenvalue weighted by atomic mass is 10.0. The van der Waals surface area contributed by atoms with Crippen LogP contribution in [0, 0.1) is 6.92 Å². The van der Waals surface area contributed by atoms with Crippen LogP contribution < -0.4 is 14.7 Å². The number of carbonyl (C=O) groups excluding carboxylic acids is 2. The molecule has 0 radical (unpaired) electrons. The van der Waals surface area contributed by atoms with Gasteiger partial charge in [-0.05, 0) is 42.8 Å². The monoisotopic (exact) mass is 411 g/mol. The standard InChI is InChI=1S/C26H25N3O2/c1-18-13-15-19(16-14-18)23-24(28(4)20-9-6-5-7-10-20)26(31)29(25(23)30)22-12-8-11-21(17-22)27(2)3/h5-17H,1-4H3. The van der Waals surface area contributed by atoms with Crippen LogP contribution in [0.3, 0.4) is 0 Å². The van der Waals surface area contributed by atoms with E-state index >= 15 is 0 Å². The molecule has 0 atom stereocenters. The molecule has 0 unspecified atom stereocenters. The highest BCUT2D eigenvalue weighted by Gasteiger charge is 2.42. The van der Waals surface area contributed by atoms with Gasteiger partial charge >= 0.3 is 0 Å². The smallest absolute Gasteiger partial charge is 0.282 e. The average Bonchev–Trinajstić information content (AvgIpc) is 3.04. The maximum Gasteiger partial charge on any atom is 0.282 e. The molecule has 5 nitrogen and oxygen atoms in total. The molecule has 3 aromatic rings. The Labute approximate surface area is 182 Å². The van der Waals surface area contributed by atoms with Crippen LogP contribution in [0.15, 0.2) is 84.6 Å². The van der Waals surface area contributed by atoms with Gasteiger partial charge < -0.3 is 9.80 Å². The maximum absolute atomic E-state index is 13.7. The lowest BCUT2D eigenvalue weighted by Crippen LogP contribution is -2.34. The fourth-order valence-electron chi connectivity index (χ4n) is 3.74. The van der Waals surface area contributed by atoms with E-state index in [0.29, 0.717) is 17.0 Å². The lowest BCUT2D eigenvalue weighted by Gasteiger charge is -2.22. The van der Waals surface area contributed by atoms with Gasteiger partial charge in [-0.15, -0.1) is 0 Å². The number of imide groups is 1. The van der Waals surface area contributed by atoms with Crippen LogP contribution in [0.25, 0.3) is 5.57 Å². The fourth-order valence-corrected chi connectivity index (χ4v) is 3.74. The molecule has 0 N–H and O–H groups in total. The van der Waals surface area contributed by atoms with Crippen molar-refractivity contribution in [2.24, 2.45) is 0 Å². The molecule has 5 heteroatoms. The molecule has 0 aliphatic carbocycles. The van der Waals surface area contributed by atoms with Gasteiger partial charge in [-0.25, -0.2) is 4.90 Å². The van der Waals surface area contributed by atoms with Crippen molar-refractivity contribution in [3.8, 4) is 0 Å². The van der Waals surface area contributed by atoms with Crippen molar-refractivity contribution in [1.29, 1.82) is 0 Å². The van der Waals surface area contributed by atoms with Crippen LogP contribution in [-0.4, -0.2) is 33.0 Å². The van der Waals surface area contributed by atoms with Crippen molar-refractivity contribution in [3.63, 3.8) is 0 Å². The molecule has 0 aromatic heterocycles. The molecule has 0 bridgehead atoms. The molecule has 0 fully saturated rings. The van der Waals surface area contributed by atoms with E-state index in [9.17, 15) is 9.59 Å². The number of benzene rings is 3. The highest BCUT2D eigenvalue weighted by atomic mass is 16.2. The number of hydrogen-bond acceptors (Lipinski definition) is 4. The zero-order chi connectivity index (χ0) is 22.1. The van der Waals surface area contributed by atoms with E-state index < -0.39 is 0 Å². The number of nitrogens with zero attached hydrogens (tertiary/aromatic N) is 3. The summed E-state index contributed by atoms with van der Waals surface area (Å²) in [5.74, 6) is -0.648. The SMILES string of the molecule is Cc1ccc(C2=C(N(C)c3ccccc3)C(=O)N(c3cccc(N(C)C)c3)C2=O)cc1. The fraction of sp³-hybridized carbons (Fsp3) is 0.154. The molecule has 31 heavy (non-hydrogen) atoms. The minimum atomic E-state index is -0.331. The third-order valence-corrected chi connectivity index (χ3v) is 5.48. The molecule has 3 aromatic carbocycles. The molecule has 4 rings (SSSR count). The zero-order valence-corrected chi connectivity index (χ0v) is 18.2. The molecule has 2 amide bonds. The van der Waals surface area contributed by atoms with Gasteiger partial charge in [0.25, 0.3) is 11.8 Å². The number of carbonyl (C=O) groups is 2. The van der Waals surface area contributed by atoms with Crippen molar-refractivity contribution < 1.29 is 9.59 Å². The summed E-state index contributed by atoms with van der Waals surface area (Å²) < 4.78 is 0. The molecular weight excluding hydrogens is 386 g/mol. The quantitative estimate of drug-likeness (QED) is 0.581. The summed E-state index contributed by atoms with van der Waals surface area (Å²) >= 11 is 0. The van der Waals surface area contributed by atoms with E-state index in [0.717, 1.165) is 22.5 Å². The average molecular weight is 412 g/mol. The number of para-hydroxylation sites is 1. The van der Waals surface area contributed by atoms with Crippen molar-refractivity contribution in [2.75, 3.05) is 35.8 Å². The van der Waals surface area contributed by atoms with Gasteiger partial charge in [-0.1, -0.05) is 54.1 Å². The third kappa shape index (κ3) is 3.70. The van der Waals surface area contributed by atoms with E-state index in [1.807, 2.05) is 106 Å². The van der Waals surface area contributed by atoms with Crippen LogP contribution in [0.5, 0.6) is 0 Å². The predicted octanol–water partition coefficient (Wildman–Crippen LogP) is 4.48. The summed E-state index contributed by atoms with van der Waals surface area (Å²) in [6.07, 6.45) is 0. The normalized spacial score (nSPS) is 13.7. The highest BCUT2D eigenvalue weighted by Crippen LogP contribution is 2.36. The zero-order valence-electron chi connectivity index (χ0n) is 18.2. The van der Waals surface area contributed by atoms with Crippen molar-refractivity contribution >= 4 is 34.4 Å². The second-order valence-electron chi connectivity index (χ2n) is 7.84. The van der Waals surface area contributed by atoms with E-state index in [4.69, 9.17) is 0 Å². The van der Waals surface area contributed by atoms with Gasteiger partial charge in [0.05, 0.1) is 11.3 Å². The molecule has 0 spiro atoms. The Bertz CT molecular complexity index is 1160. The first-order valence-electron chi connectivity index (χ1n) is 10.1. The van der Waals surface area contributed by atoms with Gasteiger partial charge in [-0.3, -0.25) is 9.59 Å². The number of likely N-dealkylation sites (N-methyl/N-ethyl adjacent to an activating group) is 1. The van der Waals surface area contributed by atoms with Gasteiger partial charge in [0.1, 0.15) is 5.70 Å². The Balaban J connectivity index is 1.86. The van der Waals surface area contributed by atoms with E-state index in [-0.39, 0.29) is 11.8 Å². The van der Waals surface area contributed by atoms with Crippen molar-refractivity contribution in [1.82, 2.24) is 0 Å². The number of hydrogen-bond donors (Lipinski definition) is 0. The van der Waals surface area contributed by atoms with Crippen LogP contribution in [0.2, 0.25) is 0 Å². The van der Waals surface area contributed by atoms with Crippen LogP contribution >= 0.6 is 0 Å². The van der Waals surface area contributed by atoms with E-state index in [2.05, 4.69) is 0 Å². The Kier molecular flexibility index (Phi) is 5.34. The summed E-state index contributed by atoms with van der Waals surface area (Å²) in [5.41, 5.74) is 4.92. The first-order valence-corrected chi connectivity index (χ1v) is 10.1. The summed E-state index contributed by atoms with van der Waals surface area (Å²) in [7, 11) is 5.68. The number of rotatable bonds is 5. The Morgan fingerprint density at radius 2 is 1.35 bits per heavy atom. The van der Waals surface area contributed by atoms with Crippen molar-refractivity contribution in [2.45, 2.75) is 6.92 Å². The summed E-state index contributed by atoms with van der Waals surface area (Å²) in [6, 6.07) is 24.8. The second kappa shape index (κ2) is 8.11. The predicted molar refractivity (Wildman–Crippen MR) is 126 cm³/mol. The Morgan fingerprint density at radius 1 is 0.710 bits per heavy atom. The van der Waals surface area contributed by atoms with Gasteiger partial charge in [-0.2, -0.15) is 0 Å². The van der Waals surface area contributed by atoms with Crippen LogP contribution in [-0.2, 0) is 9.59 Å². The molecule has 1 heterocycles. The largest absolute Gasteiger partial charge is 0.378 e. The molecular formula is C26H25N3O2. The Morgan fingerprint density at radius 3 is 2.00 bits per heavy atom. The molecule has 0 saturated heterocycles. The third-order valence-electron chi connectivity index (χ3n) is 5.48. The summed E-state index contributed by atoms with van der Waals surface area (Å²) in [4.78, 5) is 32.3. The lowest BCUT2D eigenvalue weighted by molar-refractivity contribution is -0.120. The topological polar surface area (TPSA) is 43.9 Å². The van der Waals surface area contributed by atoms with Crippen LogP contribution in [0.4, 0.5) is 17.1 Å². The first-order chi connectivity index (χ1) is 14.9. The minimum Gasteiger partial charge on any atom is -0.378 e. The molecule has 1 aliphatic rings. The first kappa shape index (κ1) is 20.4. The van der Waals surface area contributed by atoms with Crippen LogP contribution in [0.1, 0.15) is 11.1 Å².